The van der Waals surface area contributed by atoms with Crippen LogP contribution in [0.2, 0.25) is 0 Å². The first kappa shape index (κ1) is 16.8. The molecule has 0 aliphatic heterocycles. The average molecular weight is 260 g/mol. The molecule has 4 heteroatoms. The highest BCUT2D eigenvalue weighted by atomic mass is 32.2. The van der Waals surface area contributed by atoms with Crippen LogP contribution in [-0.4, -0.2) is 37.0 Å². The molecule has 0 aliphatic carbocycles. The third-order valence-electron chi connectivity index (χ3n) is 2.76. The standard InChI is InChI=1S/C13H28N2OS/c1-4-12(2)15-13(16)11-14-9-7-5-6-8-10-17-3/h12,14H,4-11H2,1-3H3,(H,15,16). The van der Waals surface area contributed by atoms with Gasteiger partial charge in [0.2, 0.25) is 5.91 Å². The lowest BCUT2D eigenvalue weighted by Crippen LogP contribution is -2.38. The van der Waals surface area contributed by atoms with E-state index in [0.29, 0.717) is 6.54 Å². The van der Waals surface area contributed by atoms with E-state index in [0.717, 1.165) is 13.0 Å². The van der Waals surface area contributed by atoms with Crippen molar-refractivity contribution in [2.45, 2.75) is 52.0 Å². The van der Waals surface area contributed by atoms with Crippen molar-refractivity contribution in [3.63, 3.8) is 0 Å². The summed E-state index contributed by atoms with van der Waals surface area (Å²) in [6, 6.07) is 0.288. The zero-order valence-electron chi connectivity index (χ0n) is 11.6. The maximum Gasteiger partial charge on any atom is 0.234 e. The summed E-state index contributed by atoms with van der Waals surface area (Å²) in [6.45, 7) is 5.51. The smallest absolute Gasteiger partial charge is 0.234 e. The fourth-order valence-electron chi connectivity index (χ4n) is 1.48. The minimum Gasteiger partial charge on any atom is -0.353 e. The number of rotatable bonds is 11. The summed E-state index contributed by atoms with van der Waals surface area (Å²) < 4.78 is 0. The molecule has 0 saturated carbocycles. The third kappa shape index (κ3) is 12.0. The van der Waals surface area contributed by atoms with E-state index in [4.69, 9.17) is 0 Å². The topological polar surface area (TPSA) is 41.1 Å². The molecule has 0 fully saturated rings. The summed E-state index contributed by atoms with van der Waals surface area (Å²) in [5.41, 5.74) is 0. The molecule has 1 unspecified atom stereocenters. The van der Waals surface area contributed by atoms with Crippen molar-refractivity contribution in [1.82, 2.24) is 10.6 Å². The van der Waals surface area contributed by atoms with Gasteiger partial charge in [0.1, 0.15) is 0 Å². The SMILES string of the molecule is CCC(C)NC(=O)CNCCCCCCSC. The largest absolute Gasteiger partial charge is 0.353 e. The number of unbranched alkanes of at least 4 members (excludes halogenated alkanes) is 3. The van der Waals surface area contributed by atoms with E-state index < -0.39 is 0 Å². The van der Waals surface area contributed by atoms with Crippen LogP contribution in [0, 0.1) is 0 Å². The average Bonchev–Trinajstić information content (AvgIpc) is 2.32. The van der Waals surface area contributed by atoms with Gasteiger partial charge in [-0.2, -0.15) is 11.8 Å². The van der Waals surface area contributed by atoms with E-state index in [2.05, 4.69) is 23.8 Å². The maximum atomic E-state index is 11.4. The molecule has 0 spiro atoms. The van der Waals surface area contributed by atoms with Crippen LogP contribution in [0.3, 0.4) is 0 Å². The molecule has 0 rings (SSSR count). The molecular weight excluding hydrogens is 232 g/mol. The maximum absolute atomic E-state index is 11.4. The molecule has 1 amide bonds. The van der Waals surface area contributed by atoms with Crippen molar-refractivity contribution in [1.29, 1.82) is 0 Å². The number of thioether (sulfide) groups is 1. The highest BCUT2D eigenvalue weighted by molar-refractivity contribution is 7.98. The zero-order valence-corrected chi connectivity index (χ0v) is 12.4. The Hall–Kier alpha value is -0.220. The van der Waals surface area contributed by atoms with Crippen LogP contribution in [0.5, 0.6) is 0 Å². The van der Waals surface area contributed by atoms with Gasteiger partial charge in [-0.05, 0) is 44.7 Å². The molecule has 3 nitrogen and oxygen atoms in total. The van der Waals surface area contributed by atoms with Gasteiger partial charge in [-0.15, -0.1) is 0 Å². The zero-order chi connectivity index (χ0) is 12.9. The van der Waals surface area contributed by atoms with Gasteiger partial charge in [-0.3, -0.25) is 4.79 Å². The fourth-order valence-corrected chi connectivity index (χ4v) is 1.97. The van der Waals surface area contributed by atoms with Gasteiger partial charge in [0, 0.05) is 6.04 Å². The lowest BCUT2D eigenvalue weighted by Gasteiger charge is -2.11. The second-order valence-electron chi connectivity index (χ2n) is 4.46. The number of carbonyl (C=O) groups excluding carboxylic acids is 1. The molecule has 0 heterocycles. The van der Waals surface area contributed by atoms with Crippen LogP contribution in [0.1, 0.15) is 46.0 Å². The van der Waals surface area contributed by atoms with Crippen LogP contribution >= 0.6 is 11.8 Å². The lowest BCUT2D eigenvalue weighted by molar-refractivity contribution is -0.120. The van der Waals surface area contributed by atoms with Gasteiger partial charge in [-0.25, -0.2) is 0 Å². The number of carbonyl (C=O) groups is 1. The predicted octanol–water partition coefficient (Wildman–Crippen LogP) is 2.41. The molecule has 0 radical (unpaired) electrons. The quantitative estimate of drug-likeness (QED) is 0.561. The minimum absolute atomic E-state index is 0.113. The highest BCUT2D eigenvalue weighted by Gasteiger charge is 2.03. The molecule has 0 aromatic rings. The van der Waals surface area contributed by atoms with E-state index in [1.807, 2.05) is 18.7 Å². The van der Waals surface area contributed by atoms with Crippen molar-refractivity contribution in [3.8, 4) is 0 Å². The van der Waals surface area contributed by atoms with E-state index in [1.54, 1.807) is 0 Å². The molecule has 1 atom stereocenters. The Kier molecular flexibility index (Phi) is 12.1. The Morgan fingerprint density at radius 2 is 1.94 bits per heavy atom. The first-order valence-corrected chi connectivity index (χ1v) is 8.09. The number of hydrogen-bond donors (Lipinski definition) is 2. The van der Waals surface area contributed by atoms with Crippen LogP contribution in [-0.2, 0) is 4.79 Å². The molecular formula is C13H28N2OS. The van der Waals surface area contributed by atoms with Crippen LogP contribution < -0.4 is 10.6 Å². The number of amides is 1. The second kappa shape index (κ2) is 12.2. The Balaban J connectivity index is 3.19. The predicted molar refractivity (Wildman–Crippen MR) is 77.6 cm³/mol. The number of hydrogen-bond acceptors (Lipinski definition) is 3. The molecule has 102 valence electrons. The Labute approximate surface area is 111 Å². The summed E-state index contributed by atoms with van der Waals surface area (Å²) in [5, 5.41) is 6.13. The summed E-state index contributed by atoms with van der Waals surface area (Å²) in [6.07, 6.45) is 8.20. The van der Waals surface area contributed by atoms with Crippen molar-refractivity contribution >= 4 is 17.7 Å². The Bertz CT molecular complexity index is 188. The molecule has 17 heavy (non-hydrogen) atoms. The van der Waals surface area contributed by atoms with Gasteiger partial charge in [0.15, 0.2) is 0 Å². The molecule has 2 N–H and O–H groups in total. The summed E-state index contributed by atoms with van der Waals surface area (Å²) >= 11 is 1.91. The van der Waals surface area contributed by atoms with Gasteiger partial charge < -0.3 is 10.6 Å². The fraction of sp³-hybridized carbons (Fsp3) is 0.923. The molecule has 0 aliphatic rings. The first-order valence-electron chi connectivity index (χ1n) is 6.69. The van der Waals surface area contributed by atoms with Crippen molar-refractivity contribution in [2.75, 3.05) is 25.1 Å². The normalized spacial score (nSPS) is 12.4. The van der Waals surface area contributed by atoms with E-state index in [-0.39, 0.29) is 11.9 Å². The van der Waals surface area contributed by atoms with E-state index in [1.165, 1.54) is 31.4 Å². The van der Waals surface area contributed by atoms with Gasteiger partial charge in [0.25, 0.3) is 0 Å². The molecule has 0 bridgehead atoms. The molecule has 0 aromatic heterocycles. The lowest BCUT2D eigenvalue weighted by atomic mass is 10.2. The summed E-state index contributed by atoms with van der Waals surface area (Å²) in [7, 11) is 0. The highest BCUT2D eigenvalue weighted by Crippen LogP contribution is 2.03. The van der Waals surface area contributed by atoms with Crippen molar-refractivity contribution in [2.24, 2.45) is 0 Å². The van der Waals surface area contributed by atoms with Crippen molar-refractivity contribution < 1.29 is 4.79 Å². The minimum atomic E-state index is 0.113. The van der Waals surface area contributed by atoms with E-state index >= 15 is 0 Å². The summed E-state index contributed by atoms with van der Waals surface area (Å²) in [4.78, 5) is 11.4. The third-order valence-corrected chi connectivity index (χ3v) is 3.45. The van der Waals surface area contributed by atoms with Crippen LogP contribution in [0.4, 0.5) is 0 Å². The van der Waals surface area contributed by atoms with Crippen LogP contribution in [0.15, 0.2) is 0 Å². The van der Waals surface area contributed by atoms with Gasteiger partial charge in [-0.1, -0.05) is 19.8 Å². The summed E-state index contributed by atoms with van der Waals surface area (Å²) in [5.74, 6) is 1.38. The first-order chi connectivity index (χ1) is 8.20. The number of nitrogens with one attached hydrogen (secondary N) is 2. The van der Waals surface area contributed by atoms with Crippen LogP contribution in [0.25, 0.3) is 0 Å². The Morgan fingerprint density at radius 3 is 2.59 bits per heavy atom. The Morgan fingerprint density at radius 1 is 1.24 bits per heavy atom. The molecule has 0 saturated heterocycles. The van der Waals surface area contributed by atoms with Crippen molar-refractivity contribution in [3.05, 3.63) is 0 Å². The van der Waals surface area contributed by atoms with Gasteiger partial charge in [0.05, 0.1) is 6.54 Å². The van der Waals surface area contributed by atoms with Gasteiger partial charge >= 0.3 is 0 Å². The second-order valence-corrected chi connectivity index (χ2v) is 5.45. The van der Waals surface area contributed by atoms with E-state index in [9.17, 15) is 4.79 Å². The molecule has 0 aromatic carbocycles. The monoisotopic (exact) mass is 260 g/mol.